The number of benzene rings is 1. The Morgan fingerprint density at radius 2 is 2.00 bits per heavy atom. The summed E-state index contributed by atoms with van der Waals surface area (Å²) < 4.78 is 6.97. The van der Waals surface area contributed by atoms with Crippen LogP contribution in [0.4, 0.5) is 5.69 Å². The fraction of sp³-hybridized carbons (Fsp3) is 0.357. The minimum absolute atomic E-state index is 0.655. The Bertz CT molecular complexity index is 502. The molecule has 0 radical (unpaired) electrons. The molecule has 0 unspecified atom stereocenters. The van der Waals surface area contributed by atoms with Gasteiger partial charge in [-0.25, -0.2) is 0 Å². The number of nitrogens with one attached hydrogen (secondary N) is 1. The molecule has 0 atom stereocenters. The molecule has 2 aromatic rings. The first-order chi connectivity index (χ1) is 8.70. The molecule has 4 nitrogen and oxygen atoms in total. The van der Waals surface area contributed by atoms with Crippen LogP contribution in [-0.2, 0) is 24.9 Å². The molecule has 0 aliphatic carbocycles. The molecule has 1 N–H and O–H groups in total. The molecule has 2 rings (SSSR count). The van der Waals surface area contributed by atoms with E-state index in [0.29, 0.717) is 6.61 Å². The normalized spacial score (nSPS) is 10.6. The Labute approximate surface area is 108 Å². The minimum atomic E-state index is 0.655. The molecule has 96 valence electrons. The lowest BCUT2D eigenvalue weighted by Crippen LogP contribution is -2.01. The second-order valence-corrected chi connectivity index (χ2v) is 4.36. The predicted octanol–water partition coefficient (Wildman–Crippen LogP) is 2.49. The van der Waals surface area contributed by atoms with Crippen molar-refractivity contribution >= 4 is 5.69 Å². The van der Waals surface area contributed by atoms with Crippen molar-refractivity contribution in [3.05, 3.63) is 47.3 Å². The van der Waals surface area contributed by atoms with Crippen LogP contribution in [0, 0.1) is 6.92 Å². The maximum atomic E-state index is 5.08. The molecule has 0 aliphatic rings. The molecule has 4 heteroatoms. The van der Waals surface area contributed by atoms with Gasteiger partial charge in [-0.15, -0.1) is 0 Å². The highest BCUT2D eigenvalue weighted by atomic mass is 16.5. The van der Waals surface area contributed by atoms with E-state index in [1.165, 1.54) is 16.8 Å². The number of nitrogens with zero attached hydrogens (tertiary/aromatic N) is 2. The zero-order valence-corrected chi connectivity index (χ0v) is 11.1. The quantitative estimate of drug-likeness (QED) is 0.879. The van der Waals surface area contributed by atoms with Gasteiger partial charge in [-0.2, -0.15) is 5.10 Å². The topological polar surface area (TPSA) is 39.1 Å². The lowest BCUT2D eigenvalue weighted by atomic mass is 10.2. The number of hydrogen-bond donors (Lipinski definition) is 1. The van der Waals surface area contributed by atoms with E-state index >= 15 is 0 Å². The SMILES string of the molecule is COCc1ccc(NCc2cnn(C)c2C)cc1. The average molecular weight is 245 g/mol. The van der Waals surface area contributed by atoms with E-state index in [9.17, 15) is 0 Å². The highest BCUT2D eigenvalue weighted by Crippen LogP contribution is 2.13. The molecule has 0 spiro atoms. The summed E-state index contributed by atoms with van der Waals surface area (Å²) in [6.45, 7) is 3.52. The second-order valence-electron chi connectivity index (χ2n) is 4.36. The summed E-state index contributed by atoms with van der Waals surface area (Å²) >= 11 is 0. The molecule has 1 aromatic heterocycles. The summed E-state index contributed by atoms with van der Waals surface area (Å²) in [6, 6.07) is 8.28. The lowest BCUT2D eigenvalue weighted by molar-refractivity contribution is 0.185. The van der Waals surface area contributed by atoms with E-state index in [4.69, 9.17) is 4.74 Å². The van der Waals surface area contributed by atoms with Gasteiger partial charge in [-0.05, 0) is 24.6 Å². The third-order valence-electron chi connectivity index (χ3n) is 3.08. The number of aryl methyl sites for hydroxylation is 1. The van der Waals surface area contributed by atoms with Crippen molar-refractivity contribution in [3.8, 4) is 0 Å². The molecule has 0 amide bonds. The number of rotatable bonds is 5. The van der Waals surface area contributed by atoms with Crippen LogP contribution in [0.2, 0.25) is 0 Å². The van der Waals surface area contributed by atoms with Crippen LogP contribution in [0.5, 0.6) is 0 Å². The van der Waals surface area contributed by atoms with Crippen molar-refractivity contribution in [2.75, 3.05) is 12.4 Å². The second kappa shape index (κ2) is 5.69. The van der Waals surface area contributed by atoms with Gasteiger partial charge in [0.2, 0.25) is 0 Å². The van der Waals surface area contributed by atoms with E-state index in [-0.39, 0.29) is 0 Å². The van der Waals surface area contributed by atoms with Crippen molar-refractivity contribution in [1.29, 1.82) is 0 Å². The first-order valence-electron chi connectivity index (χ1n) is 6.00. The highest BCUT2D eigenvalue weighted by Gasteiger charge is 2.02. The molecule has 0 saturated carbocycles. The molecule has 0 fully saturated rings. The van der Waals surface area contributed by atoms with Crippen molar-refractivity contribution in [1.82, 2.24) is 9.78 Å². The first kappa shape index (κ1) is 12.6. The van der Waals surface area contributed by atoms with Gasteiger partial charge < -0.3 is 10.1 Å². The molecule has 0 saturated heterocycles. The molecular formula is C14H19N3O. The zero-order chi connectivity index (χ0) is 13.0. The summed E-state index contributed by atoms with van der Waals surface area (Å²) in [5.74, 6) is 0. The van der Waals surface area contributed by atoms with Crippen molar-refractivity contribution < 1.29 is 4.74 Å². The van der Waals surface area contributed by atoms with Crippen LogP contribution < -0.4 is 5.32 Å². The van der Waals surface area contributed by atoms with Gasteiger partial charge in [0.05, 0.1) is 12.8 Å². The first-order valence-corrected chi connectivity index (χ1v) is 6.00. The van der Waals surface area contributed by atoms with Gasteiger partial charge in [0.25, 0.3) is 0 Å². The van der Waals surface area contributed by atoms with Crippen molar-refractivity contribution in [2.45, 2.75) is 20.1 Å². The van der Waals surface area contributed by atoms with Crippen LogP contribution in [0.25, 0.3) is 0 Å². The number of anilines is 1. The Hall–Kier alpha value is -1.81. The summed E-state index contributed by atoms with van der Waals surface area (Å²) in [5.41, 5.74) is 4.70. The number of methoxy groups -OCH3 is 1. The van der Waals surface area contributed by atoms with E-state index in [1.54, 1.807) is 7.11 Å². The van der Waals surface area contributed by atoms with E-state index in [0.717, 1.165) is 12.2 Å². The third-order valence-corrected chi connectivity index (χ3v) is 3.08. The van der Waals surface area contributed by atoms with Crippen LogP contribution in [-0.4, -0.2) is 16.9 Å². The smallest absolute Gasteiger partial charge is 0.0713 e. The Morgan fingerprint density at radius 1 is 1.28 bits per heavy atom. The molecular weight excluding hydrogens is 226 g/mol. The van der Waals surface area contributed by atoms with Crippen molar-refractivity contribution in [2.24, 2.45) is 7.05 Å². The van der Waals surface area contributed by atoms with Crippen LogP contribution in [0.15, 0.2) is 30.5 Å². The van der Waals surface area contributed by atoms with Crippen LogP contribution in [0.1, 0.15) is 16.8 Å². The maximum Gasteiger partial charge on any atom is 0.0713 e. The van der Waals surface area contributed by atoms with E-state index in [2.05, 4.69) is 41.6 Å². The maximum absolute atomic E-state index is 5.08. The van der Waals surface area contributed by atoms with Gasteiger partial charge in [0, 0.05) is 37.6 Å². The predicted molar refractivity (Wildman–Crippen MR) is 72.4 cm³/mol. The van der Waals surface area contributed by atoms with Crippen molar-refractivity contribution in [3.63, 3.8) is 0 Å². The van der Waals surface area contributed by atoms with Crippen LogP contribution in [0.3, 0.4) is 0 Å². The Morgan fingerprint density at radius 3 is 2.56 bits per heavy atom. The summed E-state index contributed by atoms with van der Waals surface area (Å²) in [7, 11) is 3.66. The fourth-order valence-corrected chi connectivity index (χ4v) is 1.80. The number of ether oxygens (including phenoxy) is 1. The van der Waals surface area contributed by atoms with Gasteiger partial charge in [0.15, 0.2) is 0 Å². The van der Waals surface area contributed by atoms with E-state index < -0.39 is 0 Å². The summed E-state index contributed by atoms with van der Waals surface area (Å²) in [4.78, 5) is 0. The monoisotopic (exact) mass is 245 g/mol. The highest BCUT2D eigenvalue weighted by molar-refractivity contribution is 5.45. The fourth-order valence-electron chi connectivity index (χ4n) is 1.80. The molecule has 0 aliphatic heterocycles. The molecule has 1 heterocycles. The largest absolute Gasteiger partial charge is 0.381 e. The third kappa shape index (κ3) is 2.90. The molecule has 18 heavy (non-hydrogen) atoms. The Kier molecular flexibility index (Phi) is 3.99. The number of hydrogen-bond acceptors (Lipinski definition) is 3. The van der Waals surface area contributed by atoms with Gasteiger partial charge >= 0.3 is 0 Å². The molecule has 0 bridgehead atoms. The zero-order valence-electron chi connectivity index (χ0n) is 11.1. The molecule has 1 aromatic carbocycles. The lowest BCUT2D eigenvalue weighted by Gasteiger charge is -2.07. The average Bonchev–Trinajstić information content (AvgIpc) is 2.70. The standard InChI is InChI=1S/C14H19N3O/c1-11-13(9-16-17(11)2)8-15-14-6-4-12(5-7-14)10-18-3/h4-7,9,15H,8,10H2,1-3H3. The van der Waals surface area contributed by atoms with E-state index in [1.807, 2.05) is 17.9 Å². The van der Waals surface area contributed by atoms with Gasteiger partial charge in [-0.3, -0.25) is 4.68 Å². The van der Waals surface area contributed by atoms with Gasteiger partial charge in [0.1, 0.15) is 0 Å². The number of aromatic nitrogens is 2. The van der Waals surface area contributed by atoms with Gasteiger partial charge in [-0.1, -0.05) is 12.1 Å². The minimum Gasteiger partial charge on any atom is -0.381 e. The Balaban J connectivity index is 1.96. The summed E-state index contributed by atoms with van der Waals surface area (Å²) in [5, 5.41) is 7.62. The summed E-state index contributed by atoms with van der Waals surface area (Å²) in [6.07, 6.45) is 1.90. The van der Waals surface area contributed by atoms with Crippen LogP contribution >= 0.6 is 0 Å².